The number of hydrogen-bond acceptors (Lipinski definition) is 2. The maximum absolute atomic E-state index is 10.2. The van der Waals surface area contributed by atoms with Crippen LogP contribution in [0.3, 0.4) is 0 Å². The van der Waals surface area contributed by atoms with Crippen LogP contribution in [0.2, 0.25) is 0 Å². The summed E-state index contributed by atoms with van der Waals surface area (Å²) in [7, 11) is 0. The summed E-state index contributed by atoms with van der Waals surface area (Å²) in [6.45, 7) is 0.574. The molecular weight excluding hydrogens is 236 g/mol. The molecule has 0 aromatic heterocycles. The van der Waals surface area contributed by atoms with Crippen LogP contribution < -0.4 is 4.74 Å². The molecule has 0 bridgehead atoms. The quantitative estimate of drug-likeness (QED) is 0.902. The number of ether oxygens (including phenoxy) is 1. The van der Waals surface area contributed by atoms with Gasteiger partial charge in [0.25, 0.3) is 0 Å². The molecule has 2 aromatic rings. The molecule has 0 atom stereocenters. The highest BCUT2D eigenvalue weighted by Gasteiger charge is 2.35. The molecule has 0 spiro atoms. The predicted molar refractivity (Wildman–Crippen MR) is 75.0 cm³/mol. The second-order valence-corrected chi connectivity index (χ2v) is 5.18. The van der Waals surface area contributed by atoms with Gasteiger partial charge in [-0.2, -0.15) is 0 Å². The first-order valence-corrected chi connectivity index (χ1v) is 6.76. The summed E-state index contributed by atoms with van der Waals surface area (Å²) in [6.07, 6.45) is 2.86. The molecular formula is C17H18O2. The van der Waals surface area contributed by atoms with Crippen molar-refractivity contribution in [1.29, 1.82) is 0 Å². The zero-order valence-electron chi connectivity index (χ0n) is 10.9. The van der Waals surface area contributed by atoms with Gasteiger partial charge in [-0.15, -0.1) is 0 Å². The summed E-state index contributed by atoms with van der Waals surface area (Å²) < 4.78 is 5.73. The Morgan fingerprint density at radius 3 is 2.21 bits per heavy atom. The Hall–Kier alpha value is -1.80. The van der Waals surface area contributed by atoms with Gasteiger partial charge in [0.1, 0.15) is 12.4 Å². The number of aliphatic hydroxyl groups is 1. The van der Waals surface area contributed by atoms with Crippen molar-refractivity contribution in [3.8, 4) is 5.75 Å². The van der Waals surface area contributed by atoms with Crippen molar-refractivity contribution in [2.75, 3.05) is 0 Å². The van der Waals surface area contributed by atoms with E-state index in [1.54, 1.807) is 0 Å². The highest BCUT2D eigenvalue weighted by Crippen LogP contribution is 2.41. The topological polar surface area (TPSA) is 29.5 Å². The minimum absolute atomic E-state index is 0.574. The molecule has 0 heterocycles. The fourth-order valence-electron chi connectivity index (χ4n) is 2.40. The van der Waals surface area contributed by atoms with E-state index in [0.29, 0.717) is 6.61 Å². The summed E-state index contributed by atoms with van der Waals surface area (Å²) in [4.78, 5) is 0. The normalized spacial score (nSPS) is 16.7. The van der Waals surface area contributed by atoms with Gasteiger partial charge in [-0.05, 0) is 42.5 Å². The lowest BCUT2D eigenvalue weighted by molar-refractivity contribution is -0.0388. The monoisotopic (exact) mass is 254 g/mol. The third-order valence-corrected chi connectivity index (χ3v) is 3.82. The van der Waals surface area contributed by atoms with E-state index in [1.807, 2.05) is 54.6 Å². The van der Waals surface area contributed by atoms with Crippen LogP contribution in [0, 0.1) is 0 Å². The SMILES string of the molecule is OC1(c2ccc(OCc3ccccc3)cc2)CCC1. The Bertz CT molecular complexity index is 527. The Balaban J connectivity index is 1.63. The average molecular weight is 254 g/mol. The van der Waals surface area contributed by atoms with E-state index in [2.05, 4.69) is 0 Å². The van der Waals surface area contributed by atoms with Crippen LogP contribution in [0.15, 0.2) is 54.6 Å². The van der Waals surface area contributed by atoms with Crippen LogP contribution in [-0.2, 0) is 12.2 Å². The molecule has 98 valence electrons. The van der Waals surface area contributed by atoms with Crippen molar-refractivity contribution in [1.82, 2.24) is 0 Å². The molecule has 0 saturated heterocycles. The number of benzene rings is 2. The zero-order valence-corrected chi connectivity index (χ0v) is 10.9. The predicted octanol–water partition coefficient (Wildman–Crippen LogP) is 3.64. The highest BCUT2D eigenvalue weighted by atomic mass is 16.5. The van der Waals surface area contributed by atoms with E-state index in [9.17, 15) is 5.11 Å². The lowest BCUT2D eigenvalue weighted by atomic mass is 9.75. The molecule has 0 unspecified atom stereocenters. The van der Waals surface area contributed by atoms with Crippen LogP contribution in [0.25, 0.3) is 0 Å². The van der Waals surface area contributed by atoms with Crippen molar-refractivity contribution < 1.29 is 9.84 Å². The van der Waals surface area contributed by atoms with Gasteiger partial charge in [0, 0.05) is 0 Å². The fourth-order valence-corrected chi connectivity index (χ4v) is 2.40. The maximum Gasteiger partial charge on any atom is 0.119 e. The van der Waals surface area contributed by atoms with Crippen molar-refractivity contribution in [2.45, 2.75) is 31.5 Å². The molecule has 0 amide bonds. The lowest BCUT2D eigenvalue weighted by Gasteiger charge is -2.37. The number of hydrogen-bond donors (Lipinski definition) is 1. The van der Waals surface area contributed by atoms with Gasteiger partial charge in [0.05, 0.1) is 5.60 Å². The van der Waals surface area contributed by atoms with Crippen molar-refractivity contribution in [2.24, 2.45) is 0 Å². The average Bonchev–Trinajstić information content (AvgIpc) is 2.44. The van der Waals surface area contributed by atoms with Gasteiger partial charge in [-0.3, -0.25) is 0 Å². The van der Waals surface area contributed by atoms with E-state index >= 15 is 0 Å². The summed E-state index contributed by atoms with van der Waals surface area (Å²) in [5.74, 6) is 0.843. The van der Waals surface area contributed by atoms with Crippen LogP contribution in [0.4, 0.5) is 0 Å². The zero-order chi connectivity index (χ0) is 13.1. The van der Waals surface area contributed by atoms with E-state index in [1.165, 1.54) is 0 Å². The lowest BCUT2D eigenvalue weighted by Crippen LogP contribution is -2.33. The largest absolute Gasteiger partial charge is 0.489 e. The second kappa shape index (κ2) is 5.06. The molecule has 1 N–H and O–H groups in total. The molecule has 0 aliphatic heterocycles. The first-order chi connectivity index (χ1) is 9.26. The minimum Gasteiger partial charge on any atom is -0.489 e. The van der Waals surface area contributed by atoms with Gasteiger partial charge in [-0.1, -0.05) is 42.5 Å². The molecule has 3 rings (SSSR count). The molecule has 1 fully saturated rings. The first kappa shape index (κ1) is 12.2. The molecule has 2 nitrogen and oxygen atoms in total. The summed E-state index contributed by atoms with van der Waals surface area (Å²) in [5.41, 5.74) is 1.58. The molecule has 2 aromatic carbocycles. The van der Waals surface area contributed by atoms with E-state index in [0.717, 1.165) is 36.1 Å². The van der Waals surface area contributed by atoms with E-state index in [-0.39, 0.29) is 0 Å². The van der Waals surface area contributed by atoms with Crippen molar-refractivity contribution >= 4 is 0 Å². The van der Waals surface area contributed by atoms with Gasteiger partial charge in [0.2, 0.25) is 0 Å². The first-order valence-electron chi connectivity index (χ1n) is 6.76. The molecule has 1 aliphatic rings. The van der Waals surface area contributed by atoms with Gasteiger partial charge in [-0.25, -0.2) is 0 Å². The smallest absolute Gasteiger partial charge is 0.119 e. The Morgan fingerprint density at radius 1 is 0.947 bits per heavy atom. The van der Waals surface area contributed by atoms with Crippen molar-refractivity contribution in [3.63, 3.8) is 0 Å². The standard InChI is InChI=1S/C17H18O2/c18-17(11-4-12-17)15-7-9-16(10-8-15)19-13-14-5-2-1-3-6-14/h1-3,5-10,18H,4,11-13H2. The van der Waals surface area contributed by atoms with Gasteiger partial charge < -0.3 is 9.84 Å². The third-order valence-electron chi connectivity index (χ3n) is 3.82. The van der Waals surface area contributed by atoms with Crippen LogP contribution in [0.5, 0.6) is 5.75 Å². The number of rotatable bonds is 4. The van der Waals surface area contributed by atoms with Crippen LogP contribution in [0.1, 0.15) is 30.4 Å². The van der Waals surface area contributed by atoms with E-state index < -0.39 is 5.60 Å². The Morgan fingerprint density at radius 2 is 1.63 bits per heavy atom. The van der Waals surface area contributed by atoms with Crippen molar-refractivity contribution in [3.05, 3.63) is 65.7 Å². The molecule has 1 aliphatic carbocycles. The highest BCUT2D eigenvalue weighted by molar-refractivity contribution is 5.32. The summed E-state index contributed by atoms with van der Waals surface area (Å²) in [6, 6.07) is 17.9. The Labute approximate surface area is 113 Å². The third kappa shape index (κ3) is 2.64. The van der Waals surface area contributed by atoms with Gasteiger partial charge >= 0.3 is 0 Å². The molecule has 2 heteroatoms. The minimum atomic E-state index is -0.585. The summed E-state index contributed by atoms with van der Waals surface area (Å²) in [5, 5.41) is 10.2. The molecule has 19 heavy (non-hydrogen) atoms. The molecule has 1 saturated carbocycles. The van der Waals surface area contributed by atoms with Crippen LogP contribution >= 0.6 is 0 Å². The fraction of sp³-hybridized carbons (Fsp3) is 0.294. The summed E-state index contributed by atoms with van der Waals surface area (Å²) >= 11 is 0. The van der Waals surface area contributed by atoms with Crippen LogP contribution in [-0.4, -0.2) is 5.11 Å². The Kier molecular flexibility index (Phi) is 3.26. The molecule has 0 radical (unpaired) electrons. The van der Waals surface area contributed by atoms with E-state index in [4.69, 9.17) is 4.74 Å². The maximum atomic E-state index is 10.2. The second-order valence-electron chi connectivity index (χ2n) is 5.18. The van der Waals surface area contributed by atoms with Gasteiger partial charge in [0.15, 0.2) is 0 Å².